The predicted octanol–water partition coefficient (Wildman–Crippen LogP) is 3.34. The average Bonchev–Trinajstić information content (AvgIpc) is 2.67. The number of esters is 1. The van der Waals surface area contributed by atoms with Gasteiger partial charge in [-0.05, 0) is 45.4 Å². The summed E-state index contributed by atoms with van der Waals surface area (Å²) in [5.41, 5.74) is 1.44. The van der Waals surface area contributed by atoms with Crippen molar-refractivity contribution in [2.45, 2.75) is 52.7 Å². The minimum Gasteiger partial charge on any atom is -0.618 e. The van der Waals surface area contributed by atoms with E-state index in [1.165, 1.54) is 13.3 Å². The lowest BCUT2D eigenvalue weighted by Gasteiger charge is -2.22. The molecule has 1 atom stereocenters. The number of alkyl carbamates (subject to hydrolysis) is 1. The van der Waals surface area contributed by atoms with Crippen molar-refractivity contribution >= 4 is 12.1 Å². The molecule has 1 aromatic carbocycles. The van der Waals surface area contributed by atoms with Crippen LogP contribution in [0.5, 0.6) is 11.5 Å². The number of rotatable bonds is 6. The van der Waals surface area contributed by atoms with Crippen LogP contribution in [0.25, 0.3) is 0 Å². The summed E-state index contributed by atoms with van der Waals surface area (Å²) in [7, 11) is 1.26. The van der Waals surface area contributed by atoms with Gasteiger partial charge in [0.15, 0.2) is 11.9 Å². The third-order valence-electron chi connectivity index (χ3n) is 4.37. The maximum Gasteiger partial charge on any atom is 0.408 e. The molecule has 0 aliphatic heterocycles. The molecule has 2 rings (SSSR count). The number of carbonyl (C=O) groups is 2. The first-order valence-electron chi connectivity index (χ1n) is 9.53. The molecule has 0 radical (unpaired) electrons. The fourth-order valence-electron chi connectivity index (χ4n) is 2.67. The molecule has 162 valence electrons. The minimum atomic E-state index is -0.886. The highest BCUT2D eigenvalue weighted by Crippen LogP contribution is 2.25. The van der Waals surface area contributed by atoms with Crippen LogP contribution < -0.4 is 14.8 Å². The van der Waals surface area contributed by atoms with Crippen LogP contribution in [0.1, 0.15) is 37.6 Å². The van der Waals surface area contributed by atoms with Crippen LogP contribution in [0.4, 0.5) is 4.79 Å². The molecule has 1 unspecified atom stereocenters. The number of amides is 1. The van der Waals surface area contributed by atoms with Gasteiger partial charge in [0.2, 0.25) is 0 Å². The van der Waals surface area contributed by atoms with Gasteiger partial charge in [-0.1, -0.05) is 12.1 Å². The summed E-state index contributed by atoms with van der Waals surface area (Å²) < 4.78 is 16.7. The molecule has 1 N–H and O–H groups in total. The van der Waals surface area contributed by atoms with E-state index in [-0.39, 0.29) is 6.42 Å². The molecule has 2 aromatic rings. The lowest BCUT2D eigenvalue weighted by molar-refractivity contribution is -0.612. The highest BCUT2D eigenvalue weighted by atomic mass is 16.6. The molecule has 8 nitrogen and oxygen atoms in total. The number of aromatic nitrogens is 1. The summed E-state index contributed by atoms with van der Waals surface area (Å²) in [6.45, 7) is 8.76. The third-order valence-corrected chi connectivity index (χ3v) is 4.37. The van der Waals surface area contributed by atoms with Crippen molar-refractivity contribution in [2.24, 2.45) is 0 Å². The third kappa shape index (κ3) is 6.37. The maximum atomic E-state index is 12.1. The topological polar surface area (TPSA) is 101 Å². The maximum absolute atomic E-state index is 12.1. The number of hydrogen-bond donors (Lipinski definition) is 1. The van der Waals surface area contributed by atoms with E-state index < -0.39 is 23.7 Å². The summed E-state index contributed by atoms with van der Waals surface area (Å²) in [4.78, 5) is 24.1. The Labute approximate surface area is 176 Å². The van der Waals surface area contributed by atoms with Crippen molar-refractivity contribution in [2.75, 3.05) is 7.11 Å². The van der Waals surface area contributed by atoms with Gasteiger partial charge in [0.1, 0.15) is 23.1 Å². The van der Waals surface area contributed by atoms with E-state index in [9.17, 15) is 14.8 Å². The van der Waals surface area contributed by atoms with Crippen LogP contribution in [0.3, 0.4) is 0 Å². The Hall–Kier alpha value is -3.29. The van der Waals surface area contributed by atoms with Gasteiger partial charge in [-0.2, -0.15) is 4.73 Å². The van der Waals surface area contributed by atoms with E-state index in [0.29, 0.717) is 17.2 Å². The molecule has 0 fully saturated rings. The van der Waals surface area contributed by atoms with Crippen LogP contribution in [-0.4, -0.2) is 30.8 Å². The van der Waals surface area contributed by atoms with Crippen molar-refractivity contribution in [3.05, 3.63) is 58.6 Å². The molecule has 0 saturated heterocycles. The van der Waals surface area contributed by atoms with Crippen molar-refractivity contribution < 1.29 is 28.5 Å². The molecule has 30 heavy (non-hydrogen) atoms. The highest BCUT2D eigenvalue weighted by molar-refractivity contribution is 5.81. The van der Waals surface area contributed by atoms with Gasteiger partial charge in [0.05, 0.1) is 12.7 Å². The van der Waals surface area contributed by atoms with Gasteiger partial charge in [0, 0.05) is 19.4 Å². The van der Waals surface area contributed by atoms with Gasteiger partial charge in [-0.3, -0.25) is 0 Å². The first-order chi connectivity index (χ1) is 14.0. The van der Waals surface area contributed by atoms with Crippen LogP contribution in [0.15, 0.2) is 36.5 Å². The molecule has 8 heteroatoms. The van der Waals surface area contributed by atoms with Crippen molar-refractivity contribution in [3.63, 3.8) is 0 Å². The monoisotopic (exact) mass is 416 g/mol. The number of nitrogens with one attached hydrogen (secondary N) is 1. The standard InChI is InChI=1S/C22H28N2O6/c1-14-15(2)24(27)12-11-19(14)29-17-9-7-16(8-10-17)13-18(20(25)28-6)23-21(26)30-22(3,4)5/h7-12,18H,13H2,1-6H3,(H,23,26). The molecule has 0 aliphatic carbocycles. The van der Waals surface area contributed by atoms with Gasteiger partial charge >= 0.3 is 12.1 Å². The van der Waals surface area contributed by atoms with E-state index in [1.54, 1.807) is 58.0 Å². The van der Waals surface area contributed by atoms with E-state index in [4.69, 9.17) is 14.2 Å². The number of hydrogen-bond acceptors (Lipinski definition) is 6. The zero-order valence-corrected chi connectivity index (χ0v) is 18.1. The van der Waals surface area contributed by atoms with E-state index in [0.717, 1.165) is 15.9 Å². The molecule has 0 saturated carbocycles. The zero-order chi connectivity index (χ0) is 22.5. The summed E-state index contributed by atoms with van der Waals surface area (Å²) >= 11 is 0. The van der Waals surface area contributed by atoms with Crippen LogP contribution in [0, 0.1) is 19.1 Å². The number of ether oxygens (including phenoxy) is 3. The Morgan fingerprint density at radius 1 is 1.13 bits per heavy atom. The number of methoxy groups -OCH3 is 1. The van der Waals surface area contributed by atoms with E-state index in [1.807, 2.05) is 6.92 Å². The SMILES string of the molecule is COC(=O)C(Cc1ccc(Oc2cc[n+]([O-])c(C)c2C)cc1)NC(=O)OC(C)(C)C. The van der Waals surface area contributed by atoms with Crippen LogP contribution >= 0.6 is 0 Å². The minimum absolute atomic E-state index is 0.228. The summed E-state index contributed by atoms with van der Waals surface area (Å²) in [6.07, 6.45) is 0.935. The van der Waals surface area contributed by atoms with E-state index in [2.05, 4.69) is 5.32 Å². The first-order valence-corrected chi connectivity index (χ1v) is 9.53. The molecular weight excluding hydrogens is 388 g/mol. The normalized spacial score (nSPS) is 12.1. The summed E-state index contributed by atoms with van der Waals surface area (Å²) in [5, 5.41) is 14.2. The van der Waals surface area contributed by atoms with Gasteiger partial charge in [-0.25, -0.2) is 9.59 Å². The van der Waals surface area contributed by atoms with Gasteiger partial charge in [-0.15, -0.1) is 0 Å². The smallest absolute Gasteiger partial charge is 0.408 e. The molecule has 0 bridgehead atoms. The molecule has 1 aromatic heterocycles. The van der Waals surface area contributed by atoms with Crippen LogP contribution in [-0.2, 0) is 20.7 Å². The fourth-order valence-corrected chi connectivity index (χ4v) is 2.67. The number of carbonyl (C=O) groups excluding carboxylic acids is 2. The number of pyridine rings is 1. The second-order valence-electron chi connectivity index (χ2n) is 7.89. The molecule has 0 spiro atoms. The average molecular weight is 416 g/mol. The summed E-state index contributed by atoms with van der Waals surface area (Å²) in [5.74, 6) is 0.605. The highest BCUT2D eigenvalue weighted by Gasteiger charge is 2.25. The van der Waals surface area contributed by atoms with Crippen LogP contribution in [0.2, 0.25) is 0 Å². The Morgan fingerprint density at radius 3 is 2.33 bits per heavy atom. The first kappa shape index (κ1) is 23.0. The lowest BCUT2D eigenvalue weighted by Crippen LogP contribution is -2.45. The van der Waals surface area contributed by atoms with Crippen molar-refractivity contribution in [1.82, 2.24) is 5.32 Å². The Morgan fingerprint density at radius 2 is 1.77 bits per heavy atom. The summed E-state index contributed by atoms with van der Waals surface area (Å²) in [6, 6.07) is 7.82. The van der Waals surface area contributed by atoms with Crippen molar-refractivity contribution in [1.29, 1.82) is 0 Å². The van der Waals surface area contributed by atoms with Gasteiger partial charge < -0.3 is 24.7 Å². The van der Waals surface area contributed by atoms with Crippen molar-refractivity contribution in [3.8, 4) is 11.5 Å². The molecule has 1 heterocycles. The molecule has 0 aliphatic rings. The van der Waals surface area contributed by atoms with E-state index >= 15 is 0 Å². The van der Waals surface area contributed by atoms with Gasteiger partial charge in [0.25, 0.3) is 0 Å². The number of benzene rings is 1. The fraction of sp³-hybridized carbons (Fsp3) is 0.409. The quantitative estimate of drug-likeness (QED) is 0.440. The predicted molar refractivity (Wildman–Crippen MR) is 110 cm³/mol. The number of nitrogens with zero attached hydrogens (tertiary/aromatic N) is 1. The lowest BCUT2D eigenvalue weighted by atomic mass is 10.1. The Bertz CT molecular complexity index is 903. The largest absolute Gasteiger partial charge is 0.618 e. The Kier molecular flexibility index (Phi) is 7.26. The zero-order valence-electron chi connectivity index (χ0n) is 18.1. The Balaban J connectivity index is 2.09. The molecular formula is C22H28N2O6. The second-order valence-corrected chi connectivity index (χ2v) is 7.89. The second kappa shape index (κ2) is 9.47. The molecule has 1 amide bonds.